The van der Waals surface area contributed by atoms with E-state index in [2.05, 4.69) is 0 Å². The molecule has 0 bridgehead atoms. The van der Waals surface area contributed by atoms with Crippen molar-refractivity contribution in [3.8, 4) is 0 Å². The SMILES string of the molecule is O=C([O-])c1cc2ccccc2o1. The zero-order chi connectivity index (χ0) is 8.55. The van der Waals surface area contributed by atoms with Crippen molar-refractivity contribution in [2.75, 3.05) is 0 Å². The van der Waals surface area contributed by atoms with Gasteiger partial charge in [-0.3, -0.25) is 0 Å². The molecule has 12 heavy (non-hydrogen) atoms. The molecule has 3 heteroatoms. The van der Waals surface area contributed by atoms with Crippen LogP contribution in [0, 0.1) is 0 Å². The number of benzene rings is 1. The number of para-hydroxylation sites is 1. The smallest absolute Gasteiger partial charge is 0.150 e. The van der Waals surface area contributed by atoms with E-state index in [9.17, 15) is 9.90 Å². The highest BCUT2D eigenvalue weighted by atomic mass is 16.4. The number of rotatable bonds is 1. The summed E-state index contributed by atoms with van der Waals surface area (Å²) in [6, 6.07) is 8.54. The van der Waals surface area contributed by atoms with E-state index < -0.39 is 5.97 Å². The Labute approximate surface area is 68.2 Å². The molecule has 1 aromatic heterocycles. The average Bonchev–Trinajstić information content (AvgIpc) is 2.46. The molecule has 0 aliphatic rings. The Hall–Kier alpha value is -1.77. The molecular weight excluding hydrogens is 156 g/mol. The van der Waals surface area contributed by atoms with Crippen LogP contribution in [-0.2, 0) is 0 Å². The minimum Gasteiger partial charge on any atom is -0.542 e. The van der Waals surface area contributed by atoms with Crippen LogP contribution < -0.4 is 5.11 Å². The van der Waals surface area contributed by atoms with Gasteiger partial charge in [-0.1, -0.05) is 18.2 Å². The van der Waals surface area contributed by atoms with Gasteiger partial charge in [0.15, 0.2) is 5.76 Å². The van der Waals surface area contributed by atoms with Crippen LogP contribution in [0.4, 0.5) is 0 Å². The fourth-order valence-electron chi connectivity index (χ4n) is 1.08. The van der Waals surface area contributed by atoms with Crippen molar-refractivity contribution in [3.05, 3.63) is 36.1 Å². The first kappa shape index (κ1) is 6.91. The normalized spacial score (nSPS) is 10.3. The van der Waals surface area contributed by atoms with Crippen molar-refractivity contribution >= 4 is 16.9 Å². The summed E-state index contributed by atoms with van der Waals surface area (Å²) in [6.45, 7) is 0. The third kappa shape index (κ3) is 0.955. The zero-order valence-corrected chi connectivity index (χ0v) is 6.11. The van der Waals surface area contributed by atoms with E-state index in [4.69, 9.17) is 4.42 Å². The van der Waals surface area contributed by atoms with E-state index in [-0.39, 0.29) is 5.76 Å². The number of hydrogen-bond acceptors (Lipinski definition) is 3. The van der Waals surface area contributed by atoms with Crippen LogP contribution in [0.3, 0.4) is 0 Å². The molecule has 0 spiro atoms. The van der Waals surface area contributed by atoms with Crippen molar-refractivity contribution in [3.63, 3.8) is 0 Å². The molecule has 0 saturated heterocycles. The largest absolute Gasteiger partial charge is 0.542 e. The summed E-state index contributed by atoms with van der Waals surface area (Å²) in [4.78, 5) is 10.4. The summed E-state index contributed by atoms with van der Waals surface area (Å²) in [6.07, 6.45) is 0. The number of carboxylic acids is 1. The van der Waals surface area contributed by atoms with Crippen molar-refractivity contribution < 1.29 is 14.3 Å². The highest BCUT2D eigenvalue weighted by Crippen LogP contribution is 2.17. The number of aromatic carboxylic acids is 1. The lowest BCUT2D eigenvalue weighted by Gasteiger charge is -1.91. The van der Waals surface area contributed by atoms with Gasteiger partial charge < -0.3 is 14.3 Å². The molecule has 0 radical (unpaired) electrons. The van der Waals surface area contributed by atoms with Crippen LogP contribution >= 0.6 is 0 Å². The molecule has 0 saturated carbocycles. The molecule has 2 rings (SSSR count). The summed E-state index contributed by atoms with van der Waals surface area (Å²) in [5.74, 6) is -1.41. The fraction of sp³-hybridized carbons (Fsp3) is 0. The van der Waals surface area contributed by atoms with E-state index in [1.54, 1.807) is 18.2 Å². The molecule has 3 nitrogen and oxygen atoms in total. The molecule has 2 aromatic rings. The Morgan fingerprint density at radius 1 is 1.33 bits per heavy atom. The summed E-state index contributed by atoms with van der Waals surface area (Å²) in [7, 11) is 0. The monoisotopic (exact) mass is 161 g/mol. The predicted octanol–water partition coefficient (Wildman–Crippen LogP) is 0.796. The van der Waals surface area contributed by atoms with Crippen molar-refractivity contribution in [1.29, 1.82) is 0 Å². The van der Waals surface area contributed by atoms with Gasteiger partial charge in [0.25, 0.3) is 0 Å². The van der Waals surface area contributed by atoms with Crippen LogP contribution in [0.1, 0.15) is 10.6 Å². The third-order valence-corrected chi connectivity index (χ3v) is 1.63. The summed E-state index contributed by atoms with van der Waals surface area (Å²) < 4.78 is 4.97. The van der Waals surface area contributed by atoms with Crippen LogP contribution in [0.5, 0.6) is 0 Å². The average molecular weight is 161 g/mol. The van der Waals surface area contributed by atoms with E-state index in [0.29, 0.717) is 5.58 Å². The van der Waals surface area contributed by atoms with Crippen LogP contribution in [0.25, 0.3) is 11.0 Å². The maximum absolute atomic E-state index is 10.4. The number of hydrogen-bond donors (Lipinski definition) is 0. The van der Waals surface area contributed by atoms with E-state index >= 15 is 0 Å². The maximum Gasteiger partial charge on any atom is 0.150 e. The van der Waals surface area contributed by atoms with Crippen molar-refractivity contribution in [2.24, 2.45) is 0 Å². The molecule has 1 heterocycles. The van der Waals surface area contributed by atoms with Crippen LogP contribution in [0.2, 0.25) is 0 Å². The lowest BCUT2D eigenvalue weighted by atomic mass is 10.2. The second kappa shape index (κ2) is 2.37. The molecule has 0 amide bonds. The standard InChI is InChI=1S/C9H6O3/c10-9(11)8-5-6-3-1-2-4-7(6)12-8/h1-5H,(H,10,11)/p-1. The summed E-state index contributed by atoms with van der Waals surface area (Å²) in [5, 5.41) is 11.1. The van der Waals surface area contributed by atoms with Gasteiger partial charge in [-0.15, -0.1) is 0 Å². The second-order valence-corrected chi connectivity index (χ2v) is 2.44. The number of carbonyl (C=O) groups is 1. The van der Waals surface area contributed by atoms with Gasteiger partial charge in [0.2, 0.25) is 0 Å². The summed E-state index contributed by atoms with van der Waals surface area (Å²) >= 11 is 0. The Bertz CT molecular complexity index is 395. The molecule has 0 aliphatic carbocycles. The Morgan fingerprint density at radius 2 is 2.08 bits per heavy atom. The first-order valence-electron chi connectivity index (χ1n) is 3.47. The number of fused-ring (bicyclic) bond motifs is 1. The van der Waals surface area contributed by atoms with E-state index in [1.807, 2.05) is 6.07 Å². The minimum absolute atomic E-state index is 0.129. The van der Waals surface area contributed by atoms with E-state index in [0.717, 1.165) is 5.39 Å². The second-order valence-electron chi connectivity index (χ2n) is 2.44. The molecule has 60 valence electrons. The Kier molecular flexibility index (Phi) is 1.37. The van der Waals surface area contributed by atoms with Crippen molar-refractivity contribution in [2.45, 2.75) is 0 Å². The van der Waals surface area contributed by atoms with E-state index in [1.165, 1.54) is 6.07 Å². The quantitative estimate of drug-likeness (QED) is 0.621. The van der Waals surface area contributed by atoms with Gasteiger partial charge in [0.05, 0.1) is 0 Å². The topological polar surface area (TPSA) is 53.3 Å². The Balaban J connectivity index is 2.70. The number of furan rings is 1. The maximum atomic E-state index is 10.4. The molecule has 0 fully saturated rings. The zero-order valence-electron chi connectivity index (χ0n) is 6.11. The number of carboxylic acid groups (broad SMARTS) is 1. The van der Waals surface area contributed by atoms with Gasteiger partial charge in [-0.25, -0.2) is 0 Å². The molecular formula is C9H5O3-. The first-order valence-corrected chi connectivity index (χ1v) is 3.47. The lowest BCUT2D eigenvalue weighted by Crippen LogP contribution is -2.21. The highest BCUT2D eigenvalue weighted by Gasteiger charge is 2.01. The fourth-order valence-corrected chi connectivity index (χ4v) is 1.08. The van der Waals surface area contributed by atoms with Crippen LogP contribution in [-0.4, -0.2) is 5.97 Å². The van der Waals surface area contributed by atoms with Crippen LogP contribution in [0.15, 0.2) is 34.7 Å². The molecule has 0 unspecified atom stereocenters. The van der Waals surface area contributed by atoms with Gasteiger partial charge in [0.1, 0.15) is 11.6 Å². The lowest BCUT2D eigenvalue weighted by molar-refractivity contribution is -0.256. The number of carbonyl (C=O) groups excluding carboxylic acids is 1. The first-order chi connectivity index (χ1) is 5.77. The highest BCUT2D eigenvalue weighted by molar-refractivity contribution is 5.90. The predicted molar refractivity (Wildman–Crippen MR) is 40.5 cm³/mol. The Morgan fingerprint density at radius 3 is 2.75 bits per heavy atom. The molecule has 0 aliphatic heterocycles. The third-order valence-electron chi connectivity index (χ3n) is 1.63. The molecule has 0 N–H and O–H groups in total. The molecule has 1 aromatic carbocycles. The van der Waals surface area contributed by atoms with Gasteiger partial charge >= 0.3 is 0 Å². The molecule has 0 atom stereocenters. The van der Waals surface area contributed by atoms with Gasteiger partial charge in [-0.2, -0.15) is 0 Å². The minimum atomic E-state index is -1.29. The summed E-state index contributed by atoms with van der Waals surface area (Å²) in [5.41, 5.74) is 0.566. The van der Waals surface area contributed by atoms with Gasteiger partial charge in [0, 0.05) is 5.39 Å². The van der Waals surface area contributed by atoms with Gasteiger partial charge in [-0.05, 0) is 12.1 Å². The van der Waals surface area contributed by atoms with Crippen molar-refractivity contribution in [1.82, 2.24) is 0 Å².